The number of rotatable bonds is 8. The van der Waals surface area contributed by atoms with Crippen molar-refractivity contribution in [3.05, 3.63) is 53.9 Å². The predicted molar refractivity (Wildman–Crippen MR) is 101 cm³/mol. The molecule has 7 nitrogen and oxygen atoms in total. The van der Waals surface area contributed by atoms with Gasteiger partial charge >= 0.3 is 0 Å². The van der Waals surface area contributed by atoms with Crippen molar-refractivity contribution in [2.24, 2.45) is 5.41 Å². The van der Waals surface area contributed by atoms with Gasteiger partial charge in [0.2, 0.25) is 11.8 Å². The molecule has 0 aliphatic heterocycles. The third-order valence-electron chi connectivity index (χ3n) is 4.19. The van der Waals surface area contributed by atoms with Crippen molar-refractivity contribution >= 4 is 11.8 Å². The molecule has 0 aliphatic rings. The lowest BCUT2D eigenvalue weighted by Crippen LogP contribution is -2.47. The minimum absolute atomic E-state index is 0.270. The molecule has 1 heterocycles. The van der Waals surface area contributed by atoms with E-state index in [1.807, 2.05) is 18.2 Å². The second-order valence-electron chi connectivity index (χ2n) is 6.50. The van der Waals surface area contributed by atoms with Gasteiger partial charge in [0.1, 0.15) is 5.41 Å². The summed E-state index contributed by atoms with van der Waals surface area (Å²) in [6.07, 6.45) is 1.66. The first-order chi connectivity index (χ1) is 12.9. The minimum Gasteiger partial charge on any atom is -0.493 e. The Morgan fingerprint density at radius 3 is 2.22 bits per heavy atom. The Morgan fingerprint density at radius 2 is 1.63 bits per heavy atom. The number of aromatic nitrogens is 1. The van der Waals surface area contributed by atoms with Gasteiger partial charge in [-0.25, -0.2) is 0 Å². The molecule has 2 rings (SSSR count). The van der Waals surface area contributed by atoms with Crippen molar-refractivity contribution in [1.82, 2.24) is 15.6 Å². The zero-order valence-electron chi connectivity index (χ0n) is 16.0. The molecule has 0 unspecified atom stereocenters. The quantitative estimate of drug-likeness (QED) is 0.694. The molecule has 7 heteroatoms. The monoisotopic (exact) mass is 371 g/mol. The Hall–Kier alpha value is -3.09. The lowest BCUT2D eigenvalue weighted by molar-refractivity contribution is -0.141. The van der Waals surface area contributed by atoms with Gasteiger partial charge in [-0.2, -0.15) is 0 Å². The number of carbonyl (C=O) groups is 2. The second kappa shape index (κ2) is 9.02. The van der Waals surface area contributed by atoms with Crippen LogP contribution in [0.2, 0.25) is 0 Å². The largest absolute Gasteiger partial charge is 0.493 e. The van der Waals surface area contributed by atoms with Crippen LogP contribution in [0.25, 0.3) is 0 Å². The molecule has 2 N–H and O–H groups in total. The van der Waals surface area contributed by atoms with E-state index in [0.29, 0.717) is 11.5 Å². The molecular formula is C20H25N3O4. The standard InChI is InChI=1S/C20H25N3O4/c1-20(2,19(25)23-13-15-7-5-6-10-21-15)18(24)22-12-14-8-9-16(26-3)17(11-14)27-4/h5-11H,12-13H2,1-4H3,(H,22,24)(H,23,25). The predicted octanol–water partition coefficient (Wildman–Crippen LogP) is 2.06. The topological polar surface area (TPSA) is 89.5 Å². The van der Waals surface area contributed by atoms with Gasteiger partial charge in [0.05, 0.1) is 26.5 Å². The Labute approximate surface area is 159 Å². The van der Waals surface area contributed by atoms with Crippen molar-refractivity contribution in [3.63, 3.8) is 0 Å². The molecule has 0 fully saturated rings. The molecular weight excluding hydrogens is 346 g/mol. The lowest BCUT2D eigenvalue weighted by atomic mass is 9.91. The molecule has 27 heavy (non-hydrogen) atoms. The fraction of sp³-hybridized carbons (Fsp3) is 0.350. The molecule has 2 aromatic rings. The molecule has 2 amide bonds. The van der Waals surface area contributed by atoms with Gasteiger partial charge in [-0.1, -0.05) is 12.1 Å². The number of pyridine rings is 1. The first-order valence-corrected chi connectivity index (χ1v) is 8.56. The van der Waals surface area contributed by atoms with E-state index in [1.54, 1.807) is 52.5 Å². The average Bonchev–Trinajstić information content (AvgIpc) is 2.70. The van der Waals surface area contributed by atoms with Crippen LogP contribution in [0.5, 0.6) is 11.5 Å². The van der Waals surface area contributed by atoms with Crippen LogP contribution in [0, 0.1) is 5.41 Å². The minimum atomic E-state index is -1.22. The Bertz CT molecular complexity index is 791. The molecule has 0 saturated heterocycles. The van der Waals surface area contributed by atoms with Crippen LogP contribution in [-0.4, -0.2) is 31.0 Å². The van der Waals surface area contributed by atoms with Crippen LogP contribution in [0.15, 0.2) is 42.6 Å². The van der Waals surface area contributed by atoms with Gasteiger partial charge in [-0.3, -0.25) is 14.6 Å². The van der Waals surface area contributed by atoms with E-state index in [1.165, 1.54) is 0 Å². The van der Waals surface area contributed by atoms with Crippen LogP contribution in [0.4, 0.5) is 0 Å². The summed E-state index contributed by atoms with van der Waals surface area (Å²) in [5.41, 5.74) is 0.351. The van der Waals surface area contributed by atoms with Crippen LogP contribution in [0.3, 0.4) is 0 Å². The van der Waals surface area contributed by atoms with Crippen LogP contribution < -0.4 is 20.1 Å². The molecule has 0 spiro atoms. The van der Waals surface area contributed by atoms with Gasteiger partial charge in [-0.15, -0.1) is 0 Å². The van der Waals surface area contributed by atoms with Crippen molar-refractivity contribution in [2.45, 2.75) is 26.9 Å². The number of methoxy groups -OCH3 is 2. The van der Waals surface area contributed by atoms with Crippen molar-refractivity contribution in [2.75, 3.05) is 14.2 Å². The molecule has 1 aromatic carbocycles. The summed E-state index contributed by atoms with van der Waals surface area (Å²) in [5.74, 6) is 0.465. The number of hydrogen-bond donors (Lipinski definition) is 2. The summed E-state index contributed by atoms with van der Waals surface area (Å²) in [4.78, 5) is 29.1. The van der Waals surface area contributed by atoms with E-state index in [2.05, 4.69) is 15.6 Å². The first-order valence-electron chi connectivity index (χ1n) is 8.56. The van der Waals surface area contributed by atoms with Gasteiger partial charge in [0.15, 0.2) is 11.5 Å². The number of benzene rings is 1. The van der Waals surface area contributed by atoms with Crippen molar-refractivity contribution < 1.29 is 19.1 Å². The molecule has 0 saturated carbocycles. The Balaban J connectivity index is 1.94. The summed E-state index contributed by atoms with van der Waals surface area (Å²) in [7, 11) is 3.11. The molecule has 1 aromatic heterocycles. The maximum Gasteiger partial charge on any atom is 0.235 e. The van der Waals surface area contributed by atoms with E-state index >= 15 is 0 Å². The van der Waals surface area contributed by atoms with Gasteiger partial charge < -0.3 is 20.1 Å². The third kappa shape index (κ3) is 5.20. The summed E-state index contributed by atoms with van der Waals surface area (Å²) >= 11 is 0. The molecule has 0 aliphatic carbocycles. The number of nitrogens with one attached hydrogen (secondary N) is 2. The van der Waals surface area contributed by atoms with Crippen molar-refractivity contribution in [3.8, 4) is 11.5 Å². The van der Waals surface area contributed by atoms with Crippen molar-refractivity contribution in [1.29, 1.82) is 0 Å². The maximum absolute atomic E-state index is 12.5. The van der Waals surface area contributed by atoms with E-state index < -0.39 is 5.41 Å². The molecule has 0 radical (unpaired) electrons. The van der Waals surface area contributed by atoms with Gasteiger partial charge in [0.25, 0.3) is 0 Å². The number of hydrogen-bond acceptors (Lipinski definition) is 5. The van der Waals surface area contributed by atoms with E-state index in [-0.39, 0.29) is 24.9 Å². The molecule has 144 valence electrons. The smallest absolute Gasteiger partial charge is 0.235 e. The highest BCUT2D eigenvalue weighted by Gasteiger charge is 2.35. The van der Waals surface area contributed by atoms with E-state index in [9.17, 15) is 9.59 Å². The SMILES string of the molecule is COc1ccc(CNC(=O)C(C)(C)C(=O)NCc2ccccn2)cc1OC. The highest BCUT2D eigenvalue weighted by Crippen LogP contribution is 2.27. The maximum atomic E-state index is 12.5. The van der Waals surface area contributed by atoms with Gasteiger partial charge in [0, 0.05) is 12.7 Å². The van der Waals surface area contributed by atoms with Crippen LogP contribution in [0.1, 0.15) is 25.1 Å². The zero-order chi connectivity index (χ0) is 19.9. The summed E-state index contributed by atoms with van der Waals surface area (Å²) in [6.45, 7) is 3.72. The average molecular weight is 371 g/mol. The molecule has 0 atom stereocenters. The highest BCUT2D eigenvalue weighted by atomic mass is 16.5. The van der Waals surface area contributed by atoms with E-state index in [4.69, 9.17) is 9.47 Å². The fourth-order valence-corrected chi connectivity index (χ4v) is 2.39. The van der Waals surface area contributed by atoms with Crippen LogP contribution >= 0.6 is 0 Å². The normalized spacial score (nSPS) is 10.8. The lowest BCUT2D eigenvalue weighted by Gasteiger charge is -2.22. The Morgan fingerprint density at radius 1 is 0.963 bits per heavy atom. The number of nitrogens with zero attached hydrogens (tertiary/aromatic N) is 1. The second-order valence-corrected chi connectivity index (χ2v) is 6.50. The number of carbonyl (C=O) groups excluding carboxylic acids is 2. The highest BCUT2D eigenvalue weighted by molar-refractivity contribution is 6.04. The number of ether oxygens (including phenoxy) is 2. The van der Waals surface area contributed by atoms with E-state index in [0.717, 1.165) is 11.3 Å². The zero-order valence-corrected chi connectivity index (χ0v) is 16.0. The molecule has 0 bridgehead atoms. The van der Waals surface area contributed by atoms with Gasteiger partial charge in [-0.05, 0) is 43.7 Å². The van der Waals surface area contributed by atoms with Crippen LogP contribution in [-0.2, 0) is 22.7 Å². The summed E-state index contributed by atoms with van der Waals surface area (Å²) in [6, 6.07) is 10.8. The third-order valence-corrected chi connectivity index (χ3v) is 4.19. The fourth-order valence-electron chi connectivity index (χ4n) is 2.39. The summed E-state index contributed by atoms with van der Waals surface area (Å²) < 4.78 is 10.5. The summed E-state index contributed by atoms with van der Waals surface area (Å²) in [5, 5.41) is 5.55. The first kappa shape index (κ1) is 20.2. The number of amides is 2. The Kier molecular flexibility index (Phi) is 6.76.